The van der Waals surface area contributed by atoms with Crippen molar-refractivity contribution >= 4 is 28.7 Å². The Morgan fingerprint density at radius 1 is 1.21 bits per heavy atom. The predicted octanol–water partition coefficient (Wildman–Crippen LogP) is 2.48. The van der Waals surface area contributed by atoms with Crippen molar-refractivity contribution in [3.05, 3.63) is 47.7 Å². The van der Waals surface area contributed by atoms with E-state index in [0.717, 1.165) is 16.5 Å². The van der Waals surface area contributed by atoms with Crippen molar-refractivity contribution in [3.63, 3.8) is 0 Å². The SMILES string of the molecule is CNC(=O)[C@H](Cc1c[nH]c2ccccc12)NC(=O)/C(=C/CC(=O)OC)CC(C)C. The first-order valence-electron chi connectivity index (χ1n) is 9.69. The van der Waals surface area contributed by atoms with Gasteiger partial charge < -0.3 is 20.4 Å². The van der Waals surface area contributed by atoms with Crippen molar-refractivity contribution in [3.8, 4) is 0 Å². The number of rotatable bonds is 9. The predicted molar refractivity (Wildman–Crippen MR) is 112 cm³/mol. The highest BCUT2D eigenvalue weighted by atomic mass is 16.5. The van der Waals surface area contributed by atoms with E-state index in [1.54, 1.807) is 13.1 Å². The Balaban J connectivity index is 2.21. The number of nitrogens with one attached hydrogen (secondary N) is 3. The minimum atomic E-state index is -0.736. The average Bonchev–Trinajstić information content (AvgIpc) is 3.12. The number of likely N-dealkylation sites (N-methyl/N-ethyl adjacent to an activating group) is 1. The van der Waals surface area contributed by atoms with E-state index < -0.39 is 12.0 Å². The summed E-state index contributed by atoms with van der Waals surface area (Å²) in [5.74, 6) is -0.825. The molecule has 1 heterocycles. The van der Waals surface area contributed by atoms with E-state index in [9.17, 15) is 14.4 Å². The molecular formula is C22H29N3O4. The zero-order valence-electron chi connectivity index (χ0n) is 17.4. The molecule has 0 unspecified atom stereocenters. The molecule has 7 nitrogen and oxygen atoms in total. The van der Waals surface area contributed by atoms with Crippen LogP contribution in [0.4, 0.5) is 0 Å². The first kappa shape index (κ1) is 22.2. The van der Waals surface area contributed by atoms with E-state index in [1.807, 2.05) is 44.3 Å². The van der Waals surface area contributed by atoms with Crippen LogP contribution >= 0.6 is 0 Å². The van der Waals surface area contributed by atoms with Gasteiger partial charge in [0.05, 0.1) is 13.5 Å². The van der Waals surface area contributed by atoms with Gasteiger partial charge in [0.2, 0.25) is 11.8 Å². The quantitative estimate of drug-likeness (QED) is 0.445. The number of fused-ring (bicyclic) bond motifs is 1. The zero-order valence-corrected chi connectivity index (χ0v) is 17.4. The highest BCUT2D eigenvalue weighted by Crippen LogP contribution is 2.20. The Labute approximate surface area is 170 Å². The van der Waals surface area contributed by atoms with Gasteiger partial charge in [0.25, 0.3) is 0 Å². The smallest absolute Gasteiger partial charge is 0.309 e. The third kappa shape index (κ3) is 6.20. The molecule has 0 fully saturated rings. The molecule has 0 saturated heterocycles. The Morgan fingerprint density at radius 2 is 1.93 bits per heavy atom. The van der Waals surface area contributed by atoms with Crippen LogP contribution in [0.1, 0.15) is 32.3 Å². The summed E-state index contributed by atoms with van der Waals surface area (Å²) in [4.78, 5) is 40.0. The summed E-state index contributed by atoms with van der Waals surface area (Å²) in [7, 11) is 2.85. The molecule has 29 heavy (non-hydrogen) atoms. The highest BCUT2D eigenvalue weighted by molar-refractivity contribution is 5.97. The molecule has 2 amide bonds. The Kier molecular flexibility index (Phi) is 8.00. The lowest BCUT2D eigenvalue weighted by Crippen LogP contribution is -2.47. The van der Waals surface area contributed by atoms with E-state index in [0.29, 0.717) is 18.4 Å². The summed E-state index contributed by atoms with van der Waals surface area (Å²) in [6.07, 6.45) is 4.29. The molecule has 3 N–H and O–H groups in total. The van der Waals surface area contributed by atoms with Crippen LogP contribution in [0.25, 0.3) is 10.9 Å². The summed E-state index contributed by atoms with van der Waals surface area (Å²) in [6, 6.07) is 7.07. The van der Waals surface area contributed by atoms with Crippen LogP contribution in [0.2, 0.25) is 0 Å². The second-order valence-electron chi connectivity index (χ2n) is 7.31. The van der Waals surface area contributed by atoms with Gasteiger partial charge in [-0.25, -0.2) is 0 Å². The molecule has 2 aromatic rings. The van der Waals surface area contributed by atoms with Crippen molar-refractivity contribution in [2.45, 2.75) is 39.2 Å². The van der Waals surface area contributed by atoms with Crippen molar-refractivity contribution in [1.82, 2.24) is 15.6 Å². The Bertz CT molecular complexity index is 898. The van der Waals surface area contributed by atoms with Crippen molar-refractivity contribution in [1.29, 1.82) is 0 Å². The van der Waals surface area contributed by atoms with Gasteiger partial charge in [-0.1, -0.05) is 38.1 Å². The zero-order chi connectivity index (χ0) is 21.4. The number of amides is 2. The van der Waals surface area contributed by atoms with E-state index in [2.05, 4.69) is 20.4 Å². The molecule has 1 atom stereocenters. The number of hydrogen-bond donors (Lipinski definition) is 3. The highest BCUT2D eigenvalue weighted by Gasteiger charge is 2.23. The fraction of sp³-hybridized carbons (Fsp3) is 0.409. The van der Waals surface area contributed by atoms with Gasteiger partial charge in [0.15, 0.2) is 0 Å². The molecule has 0 aliphatic carbocycles. The number of aromatic nitrogens is 1. The number of methoxy groups -OCH3 is 1. The molecular weight excluding hydrogens is 370 g/mol. The minimum Gasteiger partial charge on any atom is -0.469 e. The molecule has 0 aliphatic heterocycles. The van der Waals surface area contributed by atoms with Gasteiger partial charge in [0, 0.05) is 36.1 Å². The van der Waals surface area contributed by atoms with Crippen LogP contribution in [0.15, 0.2) is 42.1 Å². The monoisotopic (exact) mass is 399 g/mol. The summed E-state index contributed by atoms with van der Waals surface area (Å²) in [6.45, 7) is 3.98. The molecule has 0 radical (unpaired) electrons. The number of benzene rings is 1. The van der Waals surface area contributed by atoms with Gasteiger partial charge >= 0.3 is 5.97 Å². The lowest BCUT2D eigenvalue weighted by molar-refractivity contribution is -0.139. The molecule has 1 aromatic heterocycles. The molecule has 7 heteroatoms. The summed E-state index contributed by atoms with van der Waals surface area (Å²) < 4.78 is 4.65. The van der Waals surface area contributed by atoms with Crippen molar-refractivity contribution in [2.24, 2.45) is 5.92 Å². The standard InChI is InChI=1S/C22H29N3O4/c1-14(2)11-15(9-10-20(26)29-4)21(27)25-19(22(28)23-3)12-16-13-24-18-8-6-5-7-17(16)18/h5-9,13-14,19,24H,10-12H2,1-4H3,(H,23,28)(H,25,27)/b15-9+/t19-/m0/s1. The first-order chi connectivity index (χ1) is 13.8. The normalized spacial score (nSPS) is 12.7. The number of H-pyrrole nitrogens is 1. The number of aromatic amines is 1. The first-order valence-corrected chi connectivity index (χ1v) is 9.69. The summed E-state index contributed by atoms with van der Waals surface area (Å²) in [5.41, 5.74) is 2.39. The number of esters is 1. The third-order valence-corrected chi connectivity index (χ3v) is 4.63. The number of carbonyl (C=O) groups excluding carboxylic acids is 3. The fourth-order valence-electron chi connectivity index (χ4n) is 3.15. The third-order valence-electron chi connectivity index (χ3n) is 4.63. The van der Waals surface area contributed by atoms with E-state index in [-0.39, 0.29) is 24.2 Å². The molecule has 2 rings (SSSR count). The lowest BCUT2D eigenvalue weighted by atomic mass is 9.99. The fourth-order valence-corrected chi connectivity index (χ4v) is 3.15. The maximum atomic E-state index is 12.9. The van der Waals surface area contributed by atoms with Crippen LogP contribution < -0.4 is 10.6 Å². The number of ether oxygens (including phenoxy) is 1. The van der Waals surface area contributed by atoms with Crippen LogP contribution in [0, 0.1) is 5.92 Å². The summed E-state index contributed by atoms with van der Waals surface area (Å²) in [5, 5.41) is 6.46. The Morgan fingerprint density at radius 3 is 2.59 bits per heavy atom. The topological polar surface area (TPSA) is 100 Å². The molecule has 0 spiro atoms. The largest absolute Gasteiger partial charge is 0.469 e. The molecule has 156 valence electrons. The van der Waals surface area contributed by atoms with Crippen molar-refractivity contribution in [2.75, 3.05) is 14.2 Å². The van der Waals surface area contributed by atoms with E-state index in [1.165, 1.54) is 7.11 Å². The van der Waals surface area contributed by atoms with Crippen LogP contribution in [0.5, 0.6) is 0 Å². The van der Waals surface area contributed by atoms with Crippen LogP contribution in [0.3, 0.4) is 0 Å². The second-order valence-corrected chi connectivity index (χ2v) is 7.31. The van der Waals surface area contributed by atoms with Crippen LogP contribution in [-0.2, 0) is 25.5 Å². The van der Waals surface area contributed by atoms with Crippen molar-refractivity contribution < 1.29 is 19.1 Å². The lowest BCUT2D eigenvalue weighted by Gasteiger charge is -2.19. The van der Waals surface area contributed by atoms with Gasteiger partial charge in [0.1, 0.15) is 6.04 Å². The number of carbonyl (C=O) groups is 3. The van der Waals surface area contributed by atoms with E-state index in [4.69, 9.17) is 0 Å². The van der Waals surface area contributed by atoms with Crippen LogP contribution in [-0.4, -0.2) is 43.0 Å². The van der Waals surface area contributed by atoms with E-state index >= 15 is 0 Å². The van der Waals surface area contributed by atoms with Gasteiger partial charge in [-0.2, -0.15) is 0 Å². The molecule has 0 aliphatic rings. The number of hydrogen-bond acceptors (Lipinski definition) is 4. The Hall–Kier alpha value is -3.09. The average molecular weight is 399 g/mol. The maximum Gasteiger partial charge on any atom is 0.309 e. The van der Waals surface area contributed by atoms with Gasteiger partial charge in [-0.05, 0) is 24.0 Å². The summed E-state index contributed by atoms with van der Waals surface area (Å²) >= 11 is 0. The minimum absolute atomic E-state index is 0.0130. The molecule has 0 bridgehead atoms. The molecule has 1 aromatic carbocycles. The molecule has 0 saturated carbocycles. The second kappa shape index (κ2) is 10.5. The number of para-hydroxylation sites is 1. The van der Waals surface area contributed by atoms with Gasteiger partial charge in [-0.15, -0.1) is 0 Å². The maximum absolute atomic E-state index is 12.9. The van der Waals surface area contributed by atoms with Gasteiger partial charge in [-0.3, -0.25) is 14.4 Å².